The van der Waals surface area contributed by atoms with E-state index in [-0.39, 0.29) is 5.75 Å². The van der Waals surface area contributed by atoms with Crippen LogP contribution in [-0.4, -0.2) is 53.2 Å². The summed E-state index contributed by atoms with van der Waals surface area (Å²) in [6.45, 7) is 4.00. The number of fused-ring (bicyclic) bond motifs is 1. The summed E-state index contributed by atoms with van der Waals surface area (Å²) in [6, 6.07) is 14.1. The van der Waals surface area contributed by atoms with E-state index >= 15 is 0 Å². The Kier molecular flexibility index (Phi) is 4.24. The molecular formula is C21H24N4O. The fourth-order valence-corrected chi connectivity index (χ4v) is 3.60. The quantitative estimate of drug-likeness (QED) is 0.786. The van der Waals surface area contributed by atoms with Crippen molar-refractivity contribution in [3.8, 4) is 17.1 Å². The molecule has 0 saturated carbocycles. The third kappa shape index (κ3) is 2.99. The van der Waals surface area contributed by atoms with E-state index in [2.05, 4.69) is 49.0 Å². The molecule has 1 atom stereocenters. The van der Waals surface area contributed by atoms with E-state index in [1.807, 2.05) is 18.2 Å². The molecule has 1 aliphatic heterocycles. The molecule has 134 valence electrons. The summed E-state index contributed by atoms with van der Waals surface area (Å²) < 4.78 is 0. The minimum atomic E-state index is 0.207. The molecule has 5 heteroatoms. The molecule has 0 radical (unpaired) electrons. The number of nitrogens with zero attached hydrogens (tertiary/aromatic N) is 4. The lowest BCUT2D eigenvalue weighted by Crippen LogP contribution is -2.31. The minimum absolute atomic E-state index is 0.207. The molecule has 0 spiro atoms. The number of para-hydroxylation sites is 1. The van der Waals surface area contributed by atoms with Gasteiger partial charge < -0.3 is 14.9 Å². The molecule has 0 bridgehead atoms. The minimum Gasteiger partial charge on any atom is -0.507 e. The first-order chi connectivity index (χ1) is 12.5. The van der Waals surface area contributed by atoms with Gasteiger partial charge in [0.25, 0.3) is 0 Å². The summed E-state index contributed by atoms with van der Waals surface area (Å²) in [5.74, 6) is 1.74. The largest absolute Gasteiger partial charge is 0.507 e. The van der Waals surface area contributed by atoms with Crippen LogP contribution in [0.3, 0.4) is 0 Å². The average Bonchev–Trinajstić information content (AvgIpc) is 3.11. The van der Waals surface area contributed by atoms with E-state index in [1.165, 1.54) is 0 Å². The molecule has 4 rings (SSSR count). The SMILES string of the molecule is Cc1ccc2c(N3CC[C@@H](N(C)C)C3)nc(-c3ccccc3O)nc2c1. The van der Waals surface area contributed by atoms with Crippen LogP contribution in [0.1, 0.15) is 12.0 Å². The summed E-state index contributed by atoms with van der Waals surface area (Å²) in [7, 11) is 4.26. The Balaban J connectivity index is 1.87. The normalized spacial score (nSPS) is 17.4. The van der Waals surface area contributed by atoms with Crippen molar-refractivity contribution in [3.63, 3.8) is 0 Å². The van der Waals surface area contributed by atoms with E-state index in [4.69, 9.17) is 9.97 Å². The van der Waals surface area contributed by atoms with Crippen molar-refractivity contribution < 1.29 is 5.11 Å². The van der Waals surface area contributed by atoms with Crippen LogP contribution in [0.5, 0.6) is 5.75 Å². The van der Waals surface area contributed by atoms with Crippen molar-refractivity contribution in [1.82, 2.24) is 14.9 Å². The van der Waals surface area contributed by atoms with Gasteiger partial charge in [-0.25, -0.2) is 9.97 Å². The highest BCUT2D eigenvalue weighted by molar-refractivity contribution is 5.92. The standard InChI is InChI=1S/C21H24N4O/c1-14-8-9-16-18(12-14)22-20(17-6-4-5-7-19(17)26)23-21(16)25-11-10-15(13-25)24(2)3/h4-9,12,15,26H,10-11,13H2,1-3H3/t15-/m1/s1. The maximum Gasteiger partial charge on any atom is 0.165 e. The number of aryl methyl sites for hydroxylation is 1. The Hall–Kier alpha value is -2.66. The summed E-state index contributed by atoms with van der Waals surface area (Å²) in [4.78, 5) is 14.2. The van der Waals surface area contributed by atoms with Crippen molar-refractivity contribution in [3.05, 3.63) is 48.0 Å². The molecule has 1 N–H and O–H groups in total. The summed E-state index contributed by atoms with van der Waals surface area (Å²) in [5.41, 5.74) is 2.75. The Morgan fingerprint density at radius 2 is 1.92 bits per heavy atom. The smallest absolute Gasteiger partial charge is 0.165 e. The van der Waals surface area contributed by atoms with Crippen LogP contribution in [-0.2, 0) is 0 Å². The number of rotatable bonds is 3. The second kappa shape index (κ2) is 6.57. The lowest BCUT2D eigenvalue weighted by molar-refractivity contribution is 0.315. The summed E-state index contributed by atoms with van der Waals surface area (Å²) in [5, 5.41) is 11.3. The van der Waals surface area contributed by atoms with Crippen molar-refractivity contribution in [2.75, 3.05) is 32.1 Å². The molecule has 1 aliphatic rings. The molecular weight excluding hydrogens is 324 g/mol. The Morgan fingerprint density at radius 3 is 2.65 bits per heavy atom. The molecule has 0 amide bonds. The fraction of sp³-hybridized carbons (Fsp3) is 0.333. The van der Waals surface area contributed by atoms with Crippen LogP contribution in [0, 0.1) is 6.92 Å². The van der Waals surface area contributed by atoms with Crippen molar-refractivity contribution >= 4 is 16.7 Å². The zero-order valence-corrected chi connectivity index (χ0v) is 15.5. The van der Waals surface area contributed by atoms with Gasteiger partial charge in [-0.3, -0.25) is 0 Å². The van der Waals surface area contributed by atoms with Crippen LogP contribution in [0.2, 0.25) is 0 Å². The van der Waals surface area contributed by atoms with Gasteiger partial charge in [0.15, 0.2) is 5.82 Å². The maximum atomic E-state index is 10.3. The first-order valence-corrected chi connectivity index (χ1v) is 9.01. The number of benzene rings is 2. The Bertz CT molecular complexity index is 954. The van der Waals surface area contributed by atoms with Gasteiger partial charge in [-0.15, -0.1) is 0 Å². The highest BCUT2D eigenvalue weighted by atomic mass is 16.3. The molecule has 1 saturated heterocycles. The van der Waals surface area contributed by atoms with Crippen LogP contribution >= 0.6 is 0 Å². The first-order valence-electron chi connectivity index (χ1n) is 9.01. The fourth-order valence-electron chi connectivity index (χ4n) is 3.60. The third-order valence-corrected chi connectivity index (χ3v) is 5.17. The number of likely N-dealkylation sites (N-methyl/N-ethyl adjacent to an activating group) is 1. The van der Waals surface area contributed by atoms with Crippen molar-refractivity contribution in [2.24, 2.45) is 0 Å². The number of phenols is 1. The maximum absolute atomic E-state index is 10.3. The zero-order chi connectivity index (χ0) is 18.3. The predicted molar refractivity (Wildman–Crippen MR) is 106 cm³/mol. The van der Waals surface area contributed by atoms with Gasteiger partial charge in [-0.05, 0) is 57.3 Å². The average molecular weight is 348 g/mol. The highest BCUT2D eigenvalue weighted by Gasteiger charge is 2.27. The van der Waals surface area contributed by atoms with E-state index < -0.39 is 0 Å². The molecule has 26 heavy (non-hydrogen) atoms. The number of hydrogen-bond acceptors (Lipinski definition) is 5. The predicted octanol–water partition coefficient (Wildman–Crippen LogP) is 3.45. The topological polar surface area (TPSA) is 52.5 Å². The number of hydrogen-bond donors (Lipinski definition) is 1. The summed E-state index contributed by atoms with van der Waals surface area (Å²) in [6.07, 6.45) is 1.12. The third-order valence-electron chi connectivity index (χ3n) is 5.17. The molecule has 0 aliphatic carbocycles. The van der Waals surface area contributed by atoms with E-state index in [0.717, 1.165) is 41.8 Å². The molecule has 3 aromatic rings. The van der Waals surface area contributed by atoms with Crippen molar-refractivity contribution in [2.45, 2.75) is 19.4 Å². The zero-order valence-electron chi connectivity index (χ0n) is 15.5. The molecule has 2 aromatic carbocycles. The van der Waals surface area contributed by atoms with Crippen molar-refractivity contribution in [1.29, 1.82) is 0 Å². The van der Waals surface area contributed by atoms with E-state index in [0.29, 0.717) is 17.4 Å². The van der Waals surface area contributed by atoms with Gasteiger partial charge in [0.05, 0.1) is 11.1 Å². The molecule has 1 fully saturated rings. The Labute approximate surface area is 153 Å². The number of aromatic nitrogens is 2. The van der Waals surface area contributed by atoms with Crippen LogP contribution < -0.4 is 4.90 Å². The van der Waals surface area contributed by atoms with Gasteiger partial charge >= 0.3 is 0 Å². The van der Waals surface area contributed by atoms with Gasteiger partial charge in [0.2, 0.25) is 0 Å². The molecule has 1 aromatic heterocycles. The van der Waals surface area contributed by atoms with Gasteiger partial charge in [-0.2, -0.15) is 0 Å². The lowest BCUT2D eigenvalue weighted by Gasteiger charge is -2.22. The lowest BCUT2D eigenvalue weighted by atomic mass is 10.1. The second-order valence-electron chi connectivity index (χ2n) is 7.26. The van der Waals surface area contributed by atoms with Gasteiger partial charge in [-0.1, -0.05) is 18.2 Å². The monoisotopic (exact) mass is 348 g/mol. The van der Waals surface area contributed by atoms with Gasteiger partial charge in [0, 0.05) is 24.5 Å². The van der Waals surface area contributed by atoms with E-state index in [9.17, 15) is 5.11 Å². The molecule has 5 nitrogen and oxygen atoms in total. The Morgan fingerprint density at radius 1 is 1.12 bits per heavy atom. The van der Waals surface area contributed by atoms with Crippen LogP contribution in [0.25, 0.3) is 22.3 Å². The van der Waals surface area contributed by atoms with E-state index in [1.54, 1.807) is 6.07 Å². The highest BCUT2D eigenvalue weighted by Crippen LogP contribution is 2.33. The number of anilines is 1. The van der Waals surface area contributed by atoms with Crippen LogP contribution in [0.4, 0.5) is 5.82 Å². The number of phenolic OH excluding ortho intramolecular Hbond substituents is 1. The van der Waals surface area contributed by atoms with Crippen LogP contribution in [0.15, 0.2) is 42.5 Å². The molecule has 2 heterocycles. The first kappa shape index (κ1) is 16.8. The van der Waals surface area contributed by atoms with Gasteiger partial charge in [0.1, 0.15) is 11.6 Å². The summed E-state index contributed by atoms with van der Waals surface area (Å²) >= 11 is 0. The second-order valence-corrected chi connectivity index (χ2v) is 7.26. The number of aromatic hydroxyl groups is 1. The molecule has 0 unspecified atom stereocenters.